The molecule has 1 N–H and O–H groups in total. The van der Waals surface area contributed by atoms with Crippen LogP contribution in [0.3, 0.4) is 0 Å². The smallest absolute Gasteiger partial charge is 0.251 e. The standard InChI is InChI=1S/C21H21N3O2/c25-21(18-7-3-5-16(13-18)15-24-11-4-10-23-24)22-14-20-19-8-2-1-6-17(19)9-12-26-20/h1-8,10-11,13,20H,9,12,14-15H2,(H,22,25). The summed E-state index contributed by atoms with van der Waals surface area (Å²) in [5, 5.41) is 7.21. The quantitative estimate of drug-likeness (QED) is 0.772. The van der Waals surface area contributed by atoms with Crippen LogP contribution in [-0.2, 0) is 17.7 Å². The predicted octanol–water partition coefficient (Wildman–Crippen LogP) is 2.98. The summed E-state index contributed by atoms with van der Waals surface area (Å²) in [5.41, 5.74) is 4.17. The van der Waals surface area contributed by atoms with E-state index in [0.717, 1.165) is 12.0 Å². The molecular formula is C21H21N3O2. The van der Waals surface area contributed by atoms with Crippen LogP contribution in [0.5, 0.6) is 0 Å². The van der Waals surface area contributed by atoms with Gasteiger partial charge in [0.15, 0.2) is 0 Å². The molecule has 0 saturated heterocycles. The van der Waals surface area contributed by atoms with Gasteiger partial charge in [0.25, 0.3) is 5.91 Å². The molecule has 2 heterocycles. The van der Waals surface area contributed by atoms with Gasteiger partial charge in [-0.2, -0.15) is 5.10 Å². The second kappa shape index (κ2) is 7.54. The third kappa shape index (κ3) is 3.68. The summed E-state index contributed by atoms with van der Waals surface area (Å²) in [6.45, 7) is 1.81. The van der Waals surface area contributed by atoms with Gasteiger partial charge in [-0.3, -0.25) is 9.48 Å². The lowest BCUT2D eigenvalue weighted by atomic mass is 9.97. The van der Waals surface area contributed by atoms with Crippen molar-refractivity contribution < 1.29 is 9.53 Å². The van der Waals surface area contributed by atoms with E-state index in [1.165, 1.54) is 11.1 Å². The molecule has 1 aliphatic rings. The zero-order valence-electron chi connectivity index (χ0n) is 14.5. The van der Waals surface area contributed by atoms with Crippen molar-refractivity contribution in [3.63, 3.8) is 0 Å². The Morgan fingerprint density at radius 2 is 2.12 bits per heavy atom. The molecule has 0 saturated carbocycles. The summed E-state index contributed by atoms with van der Waals surface area (Å²) in [6.07, 6.45) is 4.50. The molecule has 4 rings (SSSR count). The molecule has 2 aromatic carbocycles. The van der Waals surface area contributed by atoms with Crippen molar-refractivity contribution in [1.29, 1.82) is 0 Å². The molecule has 0 spiro atoms. The van der Waals surface area contributed by atoms with Crippen molar-refractivity contribution in [1.82, 2.24) is 15.1 Å². The largest absolute Gasteiger partial charge is 0.371 e. The van der Waals surface area contributed by atoms with Gasteiger partial charge in [0.2, 0.25) is 0 Å². The number of nitrogens with one attached hydrogen (secondary N) is 1. The fourth-order valence-electron chi connectivity index (χ4n) is 3.33. The third-order valence-electron chi connectivity index (χ3n) is 4.63. The number of carbonyl (C=O) groups is 1. The average Bonchev–Trinajstić information content (AvgIpc) is 3.19. The van der Waals surface area contributed by atoms with Gasteiger partial charge in [0.05, 0.1) is 13.2 Å². The second-order valence-corrected chi connectivity index (χ2v) is 6.42. The highest BCUT2D eigenvalue weighted by molar-refractivity contribution is 5.94. The molecule has 5 nitrogen and oxygen atoms in total. The summed E-state index contributed by atoms with van der Waals surface area (Å²) < 4.78 is 7.70. The molecule has 0 bridgehead atoms. The van der Waals surface area contributed by atoms with Gasteiger partial charge in [-0.05, 0) is 41.3 Å². The number of ether oxygens (including phenoxy) is 1. The molecule has 132 valence electrons. The lowest BCUT2D eigenvalue weighted by molar-refractivity contribution is 0.0411. The highest BCUT2D eigenvalue weighted by Gasteiger charge is 2.21. The summed E-state index contributed by atoms with van der Waals surface area (Å²) in [5.74, 6) is -0.0843. The first-order chi connectivity index (χ1) is 12.8. The van der Waals surface area contributed by atoms with Crippen molar-refractivity contribution in [2.75, 3.05) is 13.2 Å². The Bertz CT molecular complexity index is 890. The molecule has 0 fully saturated rings. The summed E-state index contributed by atoms with van der Waals surface area (Å²) in [7, 11) is 0. The molecule has 1 atom stereocenters. The number of fused-ring (bicyclic) bond motifs is 1. The van der Waals surface area contributed by atoms with Gasteiger partial charge in [0.1, 0.15) is 6.10 Å². The van der Waals surface area contributed by atoms with Gasteiger partial charge >= 0.3 is 0 Å². The lowest BCUT2D eigenvalue weighted by Crippen LogP contribution is -2.31. The number of hydrogen-bond donors (Lipinski definition) is 1. The fraction of sp³-hybridized carbons (Fsp3) is 0.238. The highest BCUT2D eigenvalue weighted by Crippen LogP contribution is 2.26. The van der Waals surface area contributed by atoms with E-state index in [9.17, 15) is 4.79 Å². The first kappa shape index (κ1) is 16.5. The summed E-state index contributed by atoms with van der Waals surface area (Å²) in [6, 6.07) is 17.8. The monoisotopic (exact) mass is 347 g/mol. The van der Waals surface area contributed by atoms with E-state index in [-0.39, 0.29) is 12.0 Å². The van der Waals surface area contributed by atoms with Crippen LogP contribution < -0.4 is 5.32 Å². The van der Waals surface area contributed by atoms with E-state index >= 15 is 0 Å². The number of carbonyl (C=O) groups excluding carboxylic acids is 1. The van der Waals surface area contributed by atoms with Gasteiger partial charge in [-0.15, -0.1) is 0 Å². The van der Waals surface area contributed by atoms with Gasteiger partial charge < -0.3 is 10.1 Å². The molecule has 0 radical (unpaired) electrons. The minimum Gasteiger partial charge on any atom is -0.371 e. The van der Waals surface area contributed by atoms with Crippen LogP contribution in [0.15, 0.2) is 67.0 Å². The summed E-state index contributed by atoms with van der Waals surface area (Å²) >= 11 is 0. The van der Waals surface area contributed by atoms with E-state index in [1.54, 1.807) is 6.20 Å². The normalized spacial score (nSPS) is 16.1. The fourth-order valence-corrected chi connectivity index (χ4v) is 3.33. The van der Waals surface area contributed by atoms with Gasteiger partial charge in [-0.1, -0.05) is 36.4 Å². The first-order valence-corrected chi connectivity index (χ1v) is 8.83. The average molecular weight is 347 g/mol. The van der Waals surface area contributed by atoms with E-state index in [2.05, 4.69) is 22.5 Å². The molecular weight excluding hydrogens is 326 g/mol. The molecule has 26 heavy (non-hydrogen) atoms. The van der Waals surface area contributed by atoms with Crippen molar-refractivity contribution in [3.05, 3.63) is 89.2 Å². The molecule has 1 aromatic heterocycles. The molecule has 3 aromatic rings. The van der Waals surface area contributed by atoms with E-state index in [1.807, 2.05) is 53.3 Å². The maximum absolute atomic E-state index is 12.6. The van der Waals surface area contributed by atoms with Crippen LogP contribution in [0.25, 0.3) is 0 Å². The Hall–Kier alpha value is -2.92. The maximum Gasteiger partial charge on any atom is 0.251 e. The Kier molecular flexibility index (Phi) is 4.80. The van der Waals surface area contributed by atoms with Crippen LogP contribution in [0, 0.1) is 0 Å². The zero-order chi connectivity index (χ0) is 17.8. The third-order valence-corrected chi connectivity index (χ3v) is 4.63. The highest BCUT2D eigenvalue weighted by atomic mass is 16.5. The van der Waals surface area contributed by atoms with Crippen molar-refractivity contribution >= 4 is 5.91 Å². The Labute approximate surface area is 152 Å². The van der Waals surface area contributed by atoms with Gasteiger partial charge in [-0.25, -0.2) is 0 Å². The first-order valence-electron chi connectivity index (χ1n) is 8.83. The Balaban J connectivity index is 1.41. The Morgan fingerprint density at radius 1 is 1.19 bits per heavy atom. The van der Waals surface area contributed by atoms with Crippen LogP contribution in [0.4, 0.5) is 0 Å². The number of benzene rings is 2. The SMILES string of the molecule is O=C(NCC1OCCc2ccccc21)c1cccc(Cn2cccn2)c1. The number of rotatable bonds is 5. The van der Waals surface area contributed by atoms with E-state index in [4.69, 9.17) is 4.74 Å². The molecule has 1 amide bonds. The minimum absolute atomic E-state index is 0.0843. The number of nitrogens with zero attached hydrogens (tertiary/aromatic N) is 2. The van der Waals surface area contributed by atoms with E-state index < -0.39 is 0 Å². The van der Waals surface area contributed by atoms with Crippen molar-refractivity contribution in [3.8, 4) is 0 Å². The van der Waals surface area contributed by atoms with Crippen LogP contribution in [-0.4, -0.2) is 28.8 Å². The van der Waals surface area contributed by atoms with Crippen molar-refractivity contribution in [2.24, 2.45) is 0 Å². The number of aromatic nitrogens is 2. The minimum atomic E-state index is -0.0869. The van der Waals surface area contributed by atoms with Crippen LogP contribution in [0.1, 0.15) is 33.2 Å². The Morgan fingerprint density at radius 3 is 3.00 bits per heavy atom. The van der Waals surface area contributed by atoms with Crippen molar-refractivity contribution in [2.45, 2.75) is 19.1 Å². The maximum atomic E-state index is 12.6. The van der Waals surface area contributed by atoms with Crippen LogP contribution >= 0.6 is 0 Å². The molecule has 0 aliphatic carbocycles. The number of hydrogen-bond acceptors (Lipinski definition) is 3. The van der Waals surface area contributed by atoms with Gasteiger partial charge in [0, 0.05) is 24.5 Å². The number of amides is 1. The zero-order valence-corrected chi connectivity index (χ0v) is 14.5. The molecule has 5 heteroatoms. The van der Waals surface area contributed by atoms with Crippen LogP contribution in [0.2, 0.25) is 0 Å². The second-order valence-electron chi connectivity index (χ2n) is 6.42. The molecule has 1 unspecified atom stereocenters. The summed E-state index contributed by atoms with van der Waals surface area (Å²) in [4.78, 5) is 12.6. The topological polar surface area (TPSA) is 56.1 Å². The lowest BCUT2D eigenvalue weighted by Gasteiger charge is -2.26. The molecule has 1 aliphatic heterocycles. The van der Waals surface area contributed by atoms with E-state index in [0.29, 0.717) is 25.3 Å². The predicted molar refractivity (Wildman–Crippen MR) is 98.9 cm³/mol.